The number of carbonyl (C=O) groups excluding carboxylic acids is 2. The van der Waals surface area contributed by atoms with Gasteiger partial charge in [-0.3, -0.25) is 9.80 Å². The molecular formula is C30H26Cl2F6N6O4. The standard InChI is InChI=1S/2C15H13ClF3N3O2/c2*1-7-9(3-2-8(6-20)11(7)16)22-13(15(17,18)19)12-10(23)4-5-21(12)14(22)24/h2*2-3,10,12-13,23H,4-5H2,1H3/t10-,12+,13-;10-,12-,13+/m01/s1. The van der Waals surface area contributed by atoms with Gasteiger partial charge in [0.2, 0.25) is 0 Å². The maximum atomic E-state index is 13.6. The lowest BCUT2D eigenvalue weighted by molar-refractivity contribution is -0.157. The summed E-state index contributed by atoms with van der Waals surface area (Å²) in [6.07, 6.45) is -11.7. The van der Waals surface area contributed by atoms with E-state index in [1.807, 2.05) is 12.1 Å². The Morgan fingerprint density at radius 3 is 1.33 bits per heavy atom. The Labute approximate surface area is 279 Å². The highest BCUT2D eigenvalue weighted by Gasteiger charge is 2.64. The molecule has 2 aromatic carbocycles. The summed E-state index contributed by atoms with van der Waals surface area (Å²) in [7, 11) is 0. The van der Waals surface area contributed by atoms with Crippen molar-refractivity contribution >= 4 is 46.6 Å². The van der Waals surface area contributed by atoms with Gasteiger partial charge in [-0.15, -0.1) is 0 Å². The monoisotopic (exact) mass is 718 g/mol. The van der Waals surface area contributed by atoms with Gasteiger partial charge in [-0.05, 0) is 62.1 Å². The molecular weight excluding hydrogens is 693 g/mol. The fourth-order valence-corrected chi connectivity index (χ4v) is 7.26. The second-order valence-corrected chi connectivity index (χ2v) is 12.5. The molecule has 6 rings (SSSR count). The Morgan fingerprint density at radius 1 is 0.708 bits per heavy atom. The van der Waals surface area contributed by atoms with E-state index in [4.69, 9.17) is 33.7 Å². The van der Waals surface area contributed by atoms with Gasteiger partial charge in [0.05, 0.1) is 56.8 Å². The van der Waals surface area contributed by atoms with Crippen molar-refractivity contribution in [3.8, 4) is 12.1 Å². The first kappa shape index (κ1) is 35.3. The number of anilines is 2. The quantitative estimate of drug-likeness (QED) is 0.386. The van der Waals surface area contributed by atoms with E-state index >= 15 is 0 Å². The van der Waals surface area contributed by atoms with Crippen LogP contribution < -0.4 is 9.80 Å². The summed E-state index contributed by atoms with van der Waals surface area (Å²) in [6, 6.07) is 0.182. The normalized spacial score (nSPS) is 26.7. The number of rotatable bonds is 2. The molecule has 256 valence electrons. The summed E-state index contributed by atoms with van der Waals surface area (Å²) in [5.41, 5.74) is 0.658. The van der Waals surface area contributed by atoms with E-state index in [9.17, 15) is 46.1 Å². The molecule has 0 radical (unpaired) electrons. The van der Waals surface area contributed by atoms with Crippen molar-refractivity contribution in [2.24, 2.45) is 0 Å². The highest BCUT2D eigenvalue weighted by molar-refractivity contribution is 6.33. The highest BCUT2D eigenvalue weighted by Crippen LogP contribution is 2.46. The van der Waals surface area contributed by atoms with Crippen LogP contribution >= 0.6 is 23.2 Å². The lowest BCUT2D eigenvalue weighted by Gasteiger charge is -2.30. The zero-order valence-electron chi connectivity index (χ0n) is 25.0. The fraction of sp³-hybridized carbons (Fsp3) is 0.467. The number of amides is 4. The van der Waals surface area contributed by atoms with Crippen LogP contribution in [0.15, 0.2) is 24.3 Å². The van der Waals surface area contributed by atoms with E-state index in [1.54, 1.807) is 0 Å². The molecule has 10 nitrogen and oxygen atoms in total. The van der Waals surface area contributed by atoms with E-state index in [1.165, 1.54) is 38.1 Å². The average Bonchev–Trinajstić information content (AvgIpc) is 3.73. The number of halogens is 8. The van der Waals surface area contributed by atoms with E-state index in [0.29, 0.717) is 9.80 Å². The van der Waals surface area contributed by atoms with Crippen LogP contribution in [-0.4, -0.2) is 93.9 Å². The van der Waals surface area contributed by atoms with Gasteiger partial charge < -0.3 is 20.0 Å². The minimum absolute atomic E-state index is 0.00655. The van der Waals surface area contributed by atoms with E-state index in [0.717, 1.165) is 9.80 Å². The van der Waals surface area contributed by atoms with Crippen molar-refractivity contribution in [2.75, 3.05) is 22.9 Å². The summed E-state index contributed by atoms with van der Waals surface area (Å²) < 4.78 is 81.9. The number of aliphatic hydroxyl groups is 2. The van der Waals surface area contributed by atoms with Gasteiger partial charge in [0.25, 0.3) is 0 Å². The SMILES string of the molecule is Cc1c(N2C(=O)N3CC[C@@H](O)[C@@H]3[C@H]2C(F)(F)F)ccc(C#N)c1Cl.Cc1c(N2C(=O)N3CC[C@H](O)[C@@H]3[C@H]2C(F)(F)F)ccc(C#N)c1Cl. The fourth-order valence-electron chi connectivity index (χ4n) is 6.86. The summed E-state index contributed by atoms with van der Waals surface area (Å²) in [6.45, 7) is 3.05. The summed E-state index contributed by atoms with van der Waals surface area (Å²) in [5.74, 6) is 0. The van der Waals surface area contributed by atoms with Crippen LogP contribution in [0, 0.1) is 36.5 Å². The number of nitriles is 2. The van der Waals surface area contributed by atoms with Gasteiger partial charge in [-0.2, -0.15) is 36.9 Å². The van der Waals surface area contributed by atoms with Crippen molar-refractivity contribution in [2.45, 2.75) is 75.4 Å². The second-order valence-electron chi connectivity index (χ2n) is 11.7. The summed E-state index contributed by atoms with van der Waals surface area (Å²) in [5, 5.41) is 37.8. The number of benzene rings is 2. The minimum Gasteiger partial charge on any atom is -0.391 e. The number of nitrogens with zero attached hydrogens (tertiary/aromatic N) is 6. The molecule has 4 saturated heterocycles. The Bertz CT molecular complexity index is 1620. The van der Waals surface area contributed by atoms with E-state index in [-0.39, 0.29) is 69.6 Å². The predicted molar refractivity (Wildman–Crippen MR) is 159 cm³/mol. The molecule has 0 unspecified atom stereocenters. The third-order valence-electron chi connectivity index (χ3n) is 9.09. The number of hydrogen-bond donors (Lipinski definition) is 2. The van der Waals surface area contributed by atoms with Crippen LogP contribution in [-0.2, 0) is 0 Å². The number of aliphatic hydroxyl groups excluding tert-OH is 2. The Morgan fingerprint density at radius 2 is 1.04 bits per heavy atom. The second kappa shape index (κ2) is 12.5. The first-order valence-corrected chi connectivity index (χ1v) is 15.2. The molecule has 4 aliphatic rings. The first-order valence-electron chi connectivity index (χ1n) is 14.4. The van der Waals surface area contributed by atoms with Crippen LogP contribution in [0.2, 0.25) is 10.0 Å². The molecule has 0 spiro atoms. The smallest absolute Gasteiger partial charge is 0.391 e. The third-order valence-corrected chi connectivity index (χ3v) is 10.1. The van der Waals surface area contributed by atoms with E-state index in [2.05, 4.69) is 0 Å². The van der Waals surface area contributed by atoms with Gasteiger partial charge in [0, 0.05) is 13.1 Å². The largest absolute Gasteiger partial charge is 0.411 e. The number of hydrogen-bond acceptors (Lipinski definition) is 6. The zero-order valence-corrected chi connectivity index (χ0v) is 26.5. The molecule has 0 aromatic heterocycles. The molecule has 4 amide bonds. The molecule has 48 heavy (non-hydrogen) atoms. The van der Waals surface area contributed by atoms with Crippen LogP contribution in [0.4, 0.5) is 47.3 Å². The van der Waals surface area contributed by atoms with E-state index < -0.39 is 60.8 Å². The van der Waals surface area contributed by atoms with Crippen molar-refractivity contribution < 1.29 is 46.1 Å². The average molecular weight is 719 g/mol. The molecule has 0 bridgehead atoms. The Balaban J connectivity index is 0.000000188. The number of urea groups is 2. The maximum Gasteiger partial charge on any atom is 0.411 e. The lowest BCUT2D eigenvalue weighted by atomic mass is 10.0. The molecule has 4 fully saturated rings. The predicted octanol–water partition coefficient (Wildman–Crippen LogP) is 5.65. The molecule has 2 N–H and O–H groups in total. The van der Waals surface area contributed by atoms with Gasteiger partial charge in [0.15, 0.2) is 12.1 Å². The third kappa shape index (κ3) is 5.64. The lowest BCUT2D eigenvalue weighted by Crippen LogP contribution is -2.51. The number of alkyl halides is 6. The van der Waals surface area contributed by atoms with Crippen LogP contribution in [0.25, 0.3) is 0 Å². The molecule has 6 atom stereocenters. The van der Waals surface area contributed by atoms with Crippen molar-refractivity contribution in [3.05, 3.63) is 56.6 Å². The summed E-state index contributed by atoms with van der Waals surface area (Å²) >= 11 is 12.1. The molecule has 4 aliphatic heterocycles. The Hall–Kier alpha value is -3.96. The summed E-state index contributed by atoms with van der Waals surface area (Å²) in [4.78, 5) is 28.5. The maximum absolute atomic E-state index is 13.6. The highest BCUT2D eigenvalue weighted by atomic mass is 35.5. The number of fused-ring (bicyclic) bond motifs is 2. The first-order chi connectivity index (χ1) is 22.4. The van der Waals surface area contributed by atoms with Crippen molar-refractivity contribution in [1.29, 1.82) is 10.5 Å². The zero-order chi connectivity index (χ0) is 35.6. The van der Waals surface area contributed by atoms with Crippen LogP contribution in [0.1, 0.15) is 35.1 Å². The number of carbonyl (C=O) groups is 2. The van der Waals surface area contributed by atoms with Crippen LogP contribution in [0.3, 0.4) is 0 Å². The van der Waals surface area contributed by atoms with Gasteiger partial charge >= 0.3 is 24.4 Å². The minimum atomic E-state index is -4.72. The van der Waals surface area contributed by atoms with Crippen LogP contribution in [0.5, 0.6) is 0 Å². The molecule has 2 aromatic rings. The molecule has 4 heterocycles. The van der Waals surface area contributed by atoms with Crippen molar-refractivity contribution in [1.82, 2.24) is 9.80 Å². The topological polar surface area (TPSA) is 135 Å². The Kier molecular flexibility index (Phi) is 9.20. The van der Waals surface area contributed by atoms with Gasteiger partial charge in [-0.25, -0.2) is 9.59 Å². The van der Waals surface area contributed by atoms with Crippen molar-refractivity contribution in [3.63, 3.8) is 0 Å². The molecule has 0 aliphatic carbocycles. The van der Waals surface area contributed by atoms with Gasteiger partial charge in [0.1, 0.15) is 12.1 Å². The molecule has 0 saturated carbocycles. The molecule has 18 heteroatoms. The van der Waals surface area contributed by atoms with Gasteiger partial charge in [-0.1, -0.05) is 23.2 Å².